The Morgan fingerprint density at radius 3 is 2.14 bits per heavy atom. The summed E-state index contributed by atoms with van der Waals surface area (Å²) in [4.78, 5) is 10.9. The molecule has 0 saturated carbocycles. The second-order valence-corrected chi connectivity index (χ2v) is 4.89. The normalized spacial score (nSPS) is 11.8. The molecule has 0 bridgehead atoms. The number of nitrogens with one attached hydrogen (secondary N) is 1. The minimum atomic E-state index is -0.688. The van der Waals surface area contributed by atoms with Gasteiger partial charge >= 0.3 is 0 Å². The van der Waals surface area contributed by atoms with Crippen molar-refractivity contribution in [3.63, 3.8) is 0 Å². The van der Waals surface area contributed by atoms with Crippen LogP contribution in [0, 0.1) is 17.3 Å². The first-order valence-corrected chi connectivity index (χ1v) is 4.70. The summed E-state index contributed by atoms with van der Waals surface area (Å²) in [6.45, 7) is 10.1. The van der Waals surface area contributed by atoms with Crippen LogP contribution in [0.25, 0.3) is 0 Å². The Labute approximate surface area is 86.4 Å². The molecule has 1 amide bonds. The van der Waals surface area contributed by atoms with Crippen LogP contribution in [-0.2, 0) is 4.79 Å². The van der Waals surface area contributed by atoms with Crippen LogP contribution in [0.5, 0.6) is 0 Å². The van der Waals surface area contributed by atoms with E-state index in [0.29, 0.717) is 6.54 Å². The summed E-state index contributed by atoms with van der Waals surface area (Å²) >= 11 is 0. The van der Waals surface area contributed by atoms with Gasteiger partial charge in [0.25, 0.3) is 0 Å². The molecule has 0 rings (SSSR count). The molecule has 0 spiro atoms. The van der Waals surface area contributed by atoms with Crippen molar-refractivity contribution in [2.45, 2.75) is 40.2 Å². The molecule has 0 saturated heterocycles. The van der Waals surface area contributed by atoms with Crippen molar-refractivity contribution >= 4 is 5.91 Å². The molecule has 0 fully saturated rings. The Kier molecular flexibility index (Phi) is 4.15. The molecule has 3 nitrogen and oxygen atoms in total. The molecule has 3 heteroatoms. The maximum atomic E-state index is 10.9. The van der Waals surface area contributed by atoms with Crippen molar-refractivity contribution in [2.24, 2.45) is 11.1 Å². The molecular weight excluding hydrogens is 176 g/mol. The average molecular weight is 196 g/mol. The Hall–Kier alpha value is -1.01. The molecule has 0 heterocycles. The fraction of sp³-hybridized carbons (Fsp3) is 0.727. The molecule has 0 aliphatic rings. The number of rotatable bonds is 3. The van der Waals surface area contributed by atoms with Gasteiger partial charge in [0.2, 0.25) is 5.91 Å². The van der Waals surface area contributed by atoms with Crippen molar-refractivity contribution in [3.05, 3.63) is 0 Å². The average Bonchev–Trinajstić information content (AvgIpc) is 1.96. The van der Waals surface area contributed by atoms with Crippen LogP contribution in [0.4, 0.5) is 0 Å². The molecule has 0 radical (unpaired) electrons. The number of hydrogen-bond acceptors (Lipinski definition) is 2. The molecule has 0 aromatic rings. The third-order valence-electron chi connectivity index (χ3n) is 1.70. The van der Waals surface area contributed by atoms with Gasteiger partial charge in [-0.15, -0.1) is 0 Å². The van der Waals surface area contributed by atoms with Crippen LogP contribution in [0.3, 0.4) is 0 Å². The lowest BCUT2D eigenvalue weighted by atomic mass is 9.98. The maximum absolute atomic E-state index is 10.9. The monoisotopic (exact) mass is 196 g/mol. The number of amides is 1. The summed E-state index contributed by atoms with van der Waals surface area (Å²) in [6, 6.07) is 0. The first-order chi connectivity index (χ1) is 6.15. The van der Waals surface area contributed by atoms with Crippen LogP contribution in [0.2, 0.25) is 0 Å². The standard InChI is InChI=1S/C11H20N2O/c1-10(2,3)7-6-8-13-11(4,5)9(12)14/h13H,8H2,1-5H3,(H2,12,14). The molecule has 0 atom stereocenters. The van der Waals surface area contributed by atoms with E-state index in [-0.39, 0.29) is 11.3 Å². The van der Waals surface area contributed by atoms with Gasteiger partial charge in [0.15, 0.2) is 0 Å². The molecule has 0 aromatic heterocycles. The van der Waals surface area contributed by atoms with Gasteiger partial charge in [-0.05, 0) is 34.6 Å². The van der Waals surface area contributed by atoms with Gasteiger partial charge in [0, 0.05) is 5.41 Å². The zero-order valence-corrected chi connectivity index (χ0v) is 9.69. The lowest BCUT2D eigenvalue weighted by Crippen LogP contribution is -2.50. The highest BCUT2D eigenvalue weighted by Gasteiger charge is 2.22. The van der Waals surface area contributed by atoms with Crippen LogP contribution in [-0.4, -0.2) is 18.0 Å². The molecular formula is C11H20N2O. The van der Waals surface area contributed by atoms with E-state index >= 15 is 0 Å². The van der Waals surface area contributed by atoms with E-state index in [1.807, 2.05) is 20.8 Å². The van der Waals surface area contributed by atoms with E-state index in [9.17, 15) is 4.79 Å². The number of hydrogen-bond donors (Lipinski definition) is 2. The first kappa shape index (κ1) is 13.0. The fourth-order valence-corrected chi connectivity index (χ4v) is 0.662. The Balaban J connectivity index is 4.07. The summed E-state index contributed by atoms with van der Waals surface area (Å²) in [6.07, 6.45) is 0. The van der Waals surface area contributed by atoms with E-state index in [0.717, 1.165) is 0 Å². The van der Waals surface area contributed by atoms with Crippen LogP contribution >= 0.6 is 0 Å². The highest BCUT2D eigenvalue weighted by Crippen LogP contribution is 2.09. The van der Waals surface area contributed by atoms with Crippen molar-refractivity contribution in [1.82, 2.24) is 5.32 Å². The Morgan fingerprint density at radius 2 is 1.79 bits per heavy atom. The van der Waals surface area contributed by atoms with Crippen molar-refractivity contribution in [2.75, 3.05) is 6.54 Å². The van der Waals surface area contributed by atoms with Gasteiger partial charge in [-0.1, -0.05) is 11.8 Å². The van der Waals surface area contributed by atoms with E-state index < -0.39 is 5.54 Å². The van der Waals surface area contributed by atoms with Crippen molar-refractivity contribution < 1.29 is 4.79 Å². The molecule has 0 aromatic carbocycles. The topological polar surface area (TPSA) is 55.1 Å². The fourth-order valence-electron chi connectivity index (χ4n) is 0.662. The van der Waals surface area contributed by atoms with Gasteiger partial charge < -0.3 is 5.73 Å². The van der Waals surface area contributed by atoms with Gasteiger partial charge in [0.05, 0.1) is 12.1 Å². The Bertz CT molecular complexity index is 263. The van der Waals surface area contributed by atoms with Gasteiger partial charge in [0.1, 0.15) is 0 Å². The SMILES string of the molecule is CC(C)(C)C#CCNC(C)(C)C(N)=O. The summed E-state index contributed by atoms with van der Waals surface area (Å²) in [5, 5.41) is 2.98. The number of carbonyl (C=O) groups excluding carboxylic acids is 1. The largest absolute Gasteiger partial charge is 0.368 e. The highest BCUT2D eigenvalue weighted by atomic mass is 16.1. The molecule has 0 aliphatic heterocycles. The second-order valence-electron chi connectivity index (χ2n) is 4.89. The zero-order chi connectivity index (χ0) is 11.4. The molecule has 14 heavy (non-hydrogen) atoms. The third-order valence-corrected chi connectivity index (χ3v) is 1.70. The predicted octanol–water partition coefficient (Wildman–Crippen LogP) is 0.889. The van der Waals surface area contributed by atoms with E-state index in [1.165, 1.54) is 0 Å². The van der Waals surface area contributed by atoms with Crippen molar-refractivity contribution in [1.29, 1.82) is 0 Å². The van der Waals surface area contributed by atoms with Crippen molar-refractivity contribution in [3.8, 4) is 11.8 Å². The number of carbonyl (C=O) groups is 1. The van der Waals surface area contributed by atoms with E-state index in [2.05, 4.69) is 17.2 Å². The lowest BCUT2D eigenvalue weighted by Gasteiger charge is -2.20. The molecule has 3 N–H and O–H groups in total. The molecule has 80 valence electrons. The maximum Gasteiger partial charge on any atom is 0.237 e. The molecule has 0 aliphatic carbocycles. The van der Waals surface area contributed by atoms with E-state index in [1.54, 1.807) is 13.8 Å². The Morgan fingerprint density at radius 1 is 1.29 bits per heavy atom. The van der Waals surface area contributed by atoms with Crippen LogP contribution in [0.15, 0.2) is 0 Å². The summed E-state index contributed by atoms with van der Waals surface area (Å²) in [5.41, 5.74) is 4.50. The first-order valence-electron chi connectivity index (χ1n) is 4.70. The smallest absolute Gasteiger partial charge is 0.237 e. The summed E-state index contributed by atoms with van der Waals surface area (Å²) < 4.78 is 0. The minimum Gasteiger partial charge on any atom is -0.368 e. The van der Waals surface area contributed by atoms with Crippen LogP contribution < -0.4 is 11.1 Å². The van der Waals surface area contributed by atoms with Crippen LogP contribution in [0.1, 0.15) is 34.6 Å². The third kappa shape index (κ3) is 5.60. The van der Waals surface area contributed by atoms with Gasteiger partial charge in [-0.25, -0.2) is 0 Å². The zero-order valence-electron chi connectivity index (χ0n) is 9.69. The molecule has 0 unspecified atom stereocenters. The van der Waals surface area contributed by atoms with Gasteiger partial charge in [-0.2, -0.15) is 0 Å². The lowest BCUT2D eigenvalue weighted by molar-refractivity contribution is -0.123. The summed E-state index contributed by atoms with van der Waals surface area (Å²) in [7, 11) is 0. The van der Waals surface area contributed by atoms with E-state index in [4.69, 9.17) is 5.73 Å². The second kappa shape index (κ2) is 4.47. The quantitative estimate of drug-likeness (QED) is 0.659. The number of primary amides is 1. The van der Waals surface area contributed by atoms with Gasteiger partial charge in [-0.3, -0.25) is 10.1 Å². The number of nitrogens with two attached hydrogens (primary N) is 1. The predicted molar refractivity (Wildman–Crippen MR) is 58.5 cm³/mol. The summed E-state index contributed by atoms with van der Waals surface area (Å²) in [5.74, 6) is 5.67. The highest BCUT2D eigenvalue weighted by molar-refractivity contribution is 5.83. The minimum absolute atomic E-state index is 0.00144.